The van der Waals surface area contributed by atoms with Gasteiger partial charge in [-0.05, 0) is 43.3 Å². The van der Waals surface area contributed by atoms with Crippen LogP contribution in [0.2, 0.25) is 0 Å². The van der Waals surface area contributed by atoms with Crippen LogP contribution in [-0.2, 0) is 6.42 Å². The molecule has 0 radical (unpaired) electrons. The number of nitrogens with one attached hydrogen (secondary N) is 1. The molecule has 1 heterocycles. The Kier molecular flexibility index (Phi) is 6.44. The number of nitrogens with zero attached hydrogens (tertiary/aromatic N) is 1. The number of rotatable bonds is 7. The van der Waals surface area contributed by atoms with E-state index in [2.05, 4.69) is 35.6 Å². The van der Waals surface area contributed by atoms with Crippen molar-refractivity contribution in [3.63, 3.8) is 0 Å². The van der Waals surface area contributed by atoms with E-state index in [1.54, 1.807) is 0 Å². The fraction of sp³-hybridized carbons (Fsp3) is 0.583. The van der Waals surface area contributed by atoms with Crippen LogP contribution < -0.4 is 5.32 Å². The number of pyridine rings is 1. The first-order valence-corrected chi connectivity index (χ1v) is 6.87. The van der Waals surface area contributed by atoms with Crippen molar-refractivity contribution in [2.45, 2.75) is 25.8 Å². The van der Waals surface area contributed by atoms with Crippen molar-refractivity contribution in [2.24, 2.45) is 0 Å². The van der Waals surface area contributed by atoms with E-state index in [0.717, 1.165) is 13.0 Å². The van der Waals surface area contributed by atoms with Gasteiger partial charge in [0.1, 0.15) is 0 Å². The molecule has 1 unspecified atom stereocenters. The predicted octanol–water partition coefficient (Wildman–Crippen LogP) is 2.36. The molecular weight excluding hydrogens is 204 g/mol. The second-order valence-corrected chi connectivity index (χ2v) is 4.58. The van der Waals surface area contributed by atoms with E-state index < -0.39 is 0 Å². The zero-order valence-electron chi connectivity index (χ0n) is 9.57. The maximum absolute atomic E-state index is 4.04. The van der Waals surface area contributed by atoms with Crippen molar-refractivity contribution in [3.8, 4) is 0 Å². The molecule has 0 aromatic carbocycles. The first kappa shape index (κ1) is 12.5. The highest BCUT2D eigenvalue weighted by atomic mass is 32.2. The topological polar surface area (TPSA) is 24.9 Å². The summed E-state index contributed by atoms with van der Waals surface area (Å²) in [6.07, 6.45) is 8.19. The van der Waals surface area contributed by atoms with Gasteiger partial charge in [0.2, 0.25) is 0 Å². The molecule has 0 aliphatic carbocycles. The maximum Gasteiger partial charge on any atom is 0.0270 e. The summed E-state index contributed by atoms with van der Waals surface area (Å²) in [6.45, 7) is 3.31. The van der Waals surface area contributed by atoms with Crippen LogP contribution in [-0.4, -0.2) is 29.6 Å². The Bertz CT molecular complexity index is 251. The second-order valence-electron chi connectivity index (χ2n) is 3.67. The van der Waals surface area contributed by atoms with Gasteiger partial charge in [-0.1, -0.05) is 6.92 Å². The van der Waals surface area contributed by atoms with Gasteiger partial charge in [-0.25, -0.2) is 0 Å². The smallest absolute Gasteiger partial charge is 0.0270 e. The second kappa shape index (κ2) is 7.71. The molecule has 1 N–H and O–H groups in total. The Hall–Kier alpha value is -0.540. The van der Waals surface area contributed by atoms with Gasteiger partial charge in [-0.2, -0.15) is 11.8 Å². The van der Waals surface area contributed by atoms with Crippen LogP contribution in [0.3, 0.4) is 0 Å². The maximum atomic E-state index is 4.04. The summed E-state index contributed by atoms with van der Waals surface area (Å²) in [5, 5.41) is 3.58. The minimum Gasteiger partial charge on any atom is -0.313 e. The monoisotopic (exact) mass is 224 g/mol. The minimum atomic E-state index is 0.586. The SMILES string of the molecule is CCCNC(CSC)Cc1ccncc1. The standard InChI is InChI=1S/C12H20N2S/c1-3-6-14-12(10-15-2)9-11-4-7-13-8-5-11/h4-5,7-8,12,14H,3,6,9-10H2,1-2H3. The zero-order chi connectivity index (χ0) is 10.9. The van der Waals surface area contributed by atoms with Crippen LogP contribution in [0.1, 0.15) is 18.9 Å². The third kappa shape index (κ3) is 5.19. The Labute approximate surface area is 96.9 Å². The molecule has 1 aromatic heterocycles. The fourth-order valence-corrected chi connectivity index (χ4v) is 2.18. The van der Waals surface area contributed by atoms with Gasteiger partial charge >= 0.3 is 0 Å². The lowest BCUT2D eigenvalue weighted by Crippen LogP contribution is -2.33. The number of aromatic nitrogens is 1. The molecule has 84 valence electrons. The van der Waals surface area contributed by atoms with Gasteiger partial charge in [0.05, 0.1) is 0 Å². The van der Waals surface area contributed by atoms with Gasteiger partial charge in [-0.3, -0.25) is 4.98 Å². The lowest BCUT2D eigenvalue weighted by molar-refractivity contribution is 0.550. The van der Waals surface area contributed by atoms with Gasteiger partial charge in [-0.15, -0.1) is 0 Å². The lowest BCUT2D eigenvalue weighted by Gasteiger charge is -2.17. The molecule has 0 spiro atoms. The molecule has 1 aromatic rings. The summed E-state index contributed by atoms with van der Waals surface area (Å²) in [5.41, 5.74) is 1.37. The summed E-state index contributed by atoms with van der Waals surface area (Å²) >= 11 is 1.90. The molecule has 0 aliphatic rings. The number of hydrogen-bond donors (Lipinski definition) is 1. The predicted molar refractivity (Wildman–Crippen MR) is 68.4 cm³/mol. The third-order valence-corrected chi connectivity index (χ3v) is 3.02. The quantitative estimate of drug-likeness (QED) is 0.769. The molecule has 0 saturated carbocycles. The Balaban J connectivity index is 2.43. The van der Waals surface area contributed by atoms with E-state index in [1.165, 1.54) is 17.7 Å². The van der Waals surface area contributed by atoms with Crippen LogP contribution in [0.25, 0.3) is 0 Å². The number of hydrogen-bond acceptors (Lipinski definition) is 3. The summed E-state index contributed by atoms with van der Waals surface area (Å²) in [6, 6.07) is 4.78. The molecule has 0 fully saturated rings. The molecule has 2 nitrogen and oxygen atoms in total. The van der Waals surface area contributed by atoms with E-state index >= 15 is 0 Å². The first-order chi connectivity index (χ1) is 7.36. The van der Waals surface area contributed by atoms with E-state index in [0.29, 0.717) is 6.04 Å². The molecule has 0 bridgehead atoms. The normalized spacial score (nSPS) is 12.7. The van der Waals surface area contributed by atoms with Gasteiger partial charge in [0.25, 0.3) is 0 Å². The molecule has 1 atom stereocenters. The van der Waals surface area contributed by atoms with Gasteiger partial charge in [0.15, 0.2) is 0 Å². The molecule has 0 saturated heterocycles. The molecule has 3 heteroatoms. The van der Waals surface area contributed by atoms with Crippen LogP contribution in [0, 0.1) is 0 Å². The van der Waals surface area contributed by atoms with Crippen molar-refractivity contribution in [2.75, 3.05) is 18.6 Å². The first-order valence-electron chi connectivity index (χ1n) is 5.48. The van der Waals surface area contributed by atoms with Crippen LogP contribution in [0.4, 0.5) is 0 Å². The molecule has 1 rings (SSSR count). The van der Waals surface area contributed by atoms with E-state index in [1.807, 2.05) is 24.2 Å². The van der Waals surface area contributed by atoms with E-state index in [4.69, 9.17) is 0 Å². The van der Waals surface area contributed by atoms with Crippen molar-refractivity contribution < 1.29 is 0 Å². The highest BCUT2D eigenvalue weighted by Gasteiger charge is 2.07. The summed E-state index contributed by atoms with van der Waals surface area (Å²) in [4.78, 5) is 4.04. The van der Waals surface area contributed by atoms with E-state index in [-0.39, 0.29) is 0 Å². The number of thioether (sulfide) groups is 1. The summed E-state index contributed by atoms with van der Waals surface area (Å²) in [5.74, 6) is 1.17. The van der Waals surface area contributed by atoms with Crippen molar-refractivity contribution in [1.29, 1.82) is 0 Å². The Morgan fingerprint density at radius 1 is 1.40 bits per heavy atom. The van der Waals surface area contributed by atoms with Crippen molar-refractivity contribution in [3.05, 3.63) is 30.1 Å². The highest BCUT2D eigenvalue weighted by Crippen LogP contribution is 2.06. The third-order valence-electron chi connectivity index (χ3n) is 2.28. The van der Waals surface area contributed by atoms with Crippen LogP contribution >= 0.6 is 11.8 Å². The van der Waals surface area contributed by atoms with Crippen LogP contribution in [0.5, 0.6) is 0 Å². The summed E-state index contributed by atoms with van der Waals surface area (Å²) in [7, 11) is 0. The average Bonchev–Trinajstić information content (AvgIpc) is 2.28. The average molecular weight is 224 g/mol. The largest absolute Gasteiger partial charge is 0.313 e. The lowest BCUT2D eigenvalue weighted by atomic mass is 10.1. The summed E-state index contributed by atoms with van der Waals surface area (Å²) < 4.78 is 0. The molecule has 15 heavy (non-hydrogen) atoms. The fourth-order valence-electron chi connectivity index (χ4n) is 1.54. The van der Waals surface area contributed by atoms with Gasteiger partial charge < -0.3 is 5.32 Å². The van der Waals surface area contributed by atoms with Crippen molar-refractivity contribution in [1.82, 2.24) is 10.3 Å². The van der Waals surface area contributed by atoms with Crippen molar-refractivity contribution >= 4 is 11.8 Å². The molecular formula is C12H20N2S. The van der Waals surface area contributed by atoms with Crippen LogP contribution in [0.15, 0.2) is 24.5 Å². The zero-order valence-corrected chi connectivity index (χ0v) is 10.4. The Morgan fingerprint density at radius 2 is 2.13 bits per heavy atom. The highest BCUT2D eigenvalue weighted by molar-refractivity contribution is 7.98. The minimum absolute atomic E-state index is 0.586. The Morgan fingerprint density at radius 3 is 2.73 bits per heavy atom. The molecule has 0 aliphatic heterocycles. The molecule has 0 amide bonds. The van der Waals surface area contributed by atoms with E-state index in [9.17, 15) is 0 Å². The van der Waals surface area contributed by atoms with Gasteiger partial charge in [0, 0.05) is 24.2 Å².